The zero-order valence-electron chi connectivity index (χ0n) is 14.3. The molecule has 24 heavy (non-hydrogen) atoms. The van der Waals surface area contributed by atoms with Gasteiger partial charge in [-0.3, -0.25) is 0 Å². The van der Waals surface area contributed by atoms with E-state index in [0.29, 0.717) is 5.95 Å². The molecule has 5 nitrogen and oxygen atoms in total. The third kappa shape index (κ3) is 3.78. The summed E-state index contributed by atoms with van der Waals surface area (Å²) in [5.74, 6) is 2.35. The summed E-state index contributed by atoms with van der Waals surface area (Å²) in [6.45, 7) is 9.30. The standard InChI is InChI=1S/C19H24N4O/c1-4-6-16-13-18(23-12-5-7-14(23)2)22-19(21-16)20-15-8-10-17(24-3)11-9-15/h2,8-11,13-14H,4-7,12H2,1,3H3,(H,20,21,22)/t14-/m0/s1. The summed E-state index contributed by atoms with van der Waals surface area (Å²) in [6, 6.07) is 9.84. The van der Waals surface area contributed by atoms with Crippen LogP contribution in [-0.2, 0) is 6.42 Å². The molecular formula is C19H24N4O. The monoisotopic (exact) mass is 324 g/mol. The Labute approximate surface area is 144 Å². The lowest BCUT2D eigenvalue weighted by Gasteiger charge is -2.23. The van der Waals surface area contributed by atoms with Gasteiger partial charge in [0.2, 0.25) is 5.95 Å². The fourth-order valence-electron chi connectivity index (χ4n) is 2.95. The van der Waals surface area contributed by atoms with Gasteiger partial charge in [-0.05, 0) is 50.5 Å². The van der Waals surface area contributed by atoms with E-state index in [4.69, 9.17) is 11.7 Å². The Morgan fingerprint density at radius 3 is 2.71 bits per heavy atom. The van der Waals surface area contributed by atoms with Crippen molar-refractivity contribution < 1.29 is 4.74 Å². The summed E-state index contributed by atoms with van der Waals surface area (Å²) in [7, 11) is 1.66. The van der Waals surface area contributed by atoms with E-state index >= 15 is 0 Å². The number of methoxy groups -OCH3 is 1. The minimum atomic E-state index is 0.0446. The largest absolute Gasteiger partial charge is 0.497 e. The maximum absolute atomic E-state index is 6.20. The first-order valence-electron chi connectivity index (χ1n) is 8.51. The second-order valence-electron chi connectivity index (χ2n) is 6.05. The predicted octanol–water partition coefficient (Wildman–Crippen LogP) is 3.86. The van der Waals surface area contributed by atoms with Gasteiger partial charge in [0.25, 0.3) is 0 Å². The molecule has 1 aromatic heterocycles. The van der Waals surface area contributed by atoms with Gasteiger partial charge in [0.05, 0.1) is 7.11 Å². The minimum absolute atomic E-state index is 0.0446. The highest BCUT2D eigenvalue weighted by atomic mass is 16.5. The summed E-state index contributed by atoms with van der Waals surface area (Å²) in [4.78, 5) is 11.5. The number of hydrogen-bond donors (Lipinski definition) is 1. The second kappa shape index (κ2) is 7.51. The molecule has 0 amide bonds. The number of nitrogens with zero attached hydrogens (tertiary/aromatic N) is 3. The Hall–Kier alpha value is -2.30. The zero-order valence-corrected chi connectivity index (χ0v) is 14.3. The van der Waals surface area contributed by atoms with Crippen LogP contribution in [-0.4, -0.2) is 29.7 Å². The van der Waals surface area contributed by atoms with Crippen molar-refractivity contribution in [2.45, 2.75) is 38.6 Å². The normalized spacial score (nSPS) is 17.1. The van der Waals surface area contributed by atoms with E-state index in [0.717, 1.165) is 55.2 Å². The van der Waals surface area contributed by atoms with Gasteiger partial charge >= 0.3 is 0 Å². The molecule has 2 aromatic rings. The van der Waals surface area contributed by atoms with E-state index in [9.17, 15) is 0 Å². The zero-order chi connectivity index (χ0) is 16.9. The molecular weight excluding hydrogens is 300 g/mol. The van der Waals surface area contributed by atoms with Crippen molar-refractivity contribution in [3.05, 3.63) is 42.9 Å². The van der Waals surface area contributed by atoms with Gasteiger partial charge in [0.15, 0.2) is 0 Å². The fraction of sp³-hybridized carbons (Fsp3) is 0.421. The first kappa shape index (κ1) is 16.6. The van der Waals surface area contributed by atoms with Gasteiger partial charge in [0.1, 0.15) is 11.6 Å². The van der Waals surface area contributed by atoms with Crippen LogP contribution in [0.15, 0.2) is 30.3 Å². The van der Waals surface area contributed by atoms with Crippen LogP contribution in [0.5, 0.6) is 5.75 Å². The van der Waals surface area contributed by atoms with Gasteiger partial charge in [-0.2, -0.15) is 4.98 Å². The molecule has 0 unspecified atom stereocenters. The third-order valence-electron chi connectivity index (χ3n) is 4.21. The number of ether oxygens (including phenoxy) is 1. The van der Waals surface area contributed by atoms with Crippen molar-refractivity contribution in [2.24, 2.45) is 0 Å². The highest BCUT2D eigenvalue weighted by molar-refractivity contribution is 5.57. The van der Waals surface area contributed by atoms with Crippen molar-refractivity contribution in [1.29, 1.82) is 0 Å². The quantitative estimate of drug-likeness (QED) is 0.874. The smallest absolute Gasteiger partial charge is 0.229 e. The molecule has 1 aromatic carbocycles. The van der Waals surface area contributed by atoms with Crippen molar-refractivity contribution in [3.63, 3.8) is 0 Å². The summed E-state index contributed by atoms with van der Waals surface area (Å²) in [5.41, 5.74) is 1.97. The Balaban J connectivity index is 1.86. The molecule has 5 heteroatoms. The number of nitrogens with one attached hydrogen (secondary N) is 1. The van der Waals surface area contributed by atoms with Gasteiger partial charge in [-0.15, -0.1) is 0 Å². The van der Waals surface area contributed by atoms with Crippen molar-refractivity contribution >= 4 is 17.5 Å². The molecule has 1 aliphatic heterocycles. The molecule has 3 rings (SSSR count). The van der Waals surface area contributed by atoms with E-state index in [1.165, 1.54) is 0 Å². The van der Waals surface area contributed by atoms with Gasteiger partial charge in [-0.1, -0.05) is 13.3 Å². The average molecular weight is 324 g/mol. The van der Waals surface area contributed by atoms with Crippen LogP contribution in [0.1, 0.15) is 31.9 Å². The second-order valence-corrected chi connectivity index (χ2v) is 6.05. The molecule has 1 aliphatic rings. The fourth-order valence-corrected chi connectivity index (χ4v) is 2.95. The average Bonchev–Trinajstić information content (AvgIpc) is 3.02. The number of rotatable bonds is 6. The van der Waals surface area contributed by atoms with Crippen LogP contribution in [0.25, 0.3) is 0 Å². The lowest BCUT2D eigenvalue weighted by molar-refractivity contribution is 0.415. The van der Waals surface area contributed by atoms with Crippen LogP contribution in [0.2, 0.25) is 0 Å². The first-order chi connectivity index (χ1) is 11.7. The maximum atomic E-state index is 6.20. The van der Waals surface area contributed by atoms with Crippen LogP contribution in [0.3, 0.4) is 0 Å². The molecule has 1 N–H and O–H groups in total. The lowest BCUT2D eigenvalue weighted by Crippen LogP contribution is -2.28. The Kier molecular flexibility index (Phi) is 5.18. The molecule has 126 valence electrons. The Morgan fingerprint density at radius 2 is 2.08 bits per heavy atom. The molecule has 2 radical (unpaired) electrons. The summed E-state index contributed by atoms with van der Waals surface area (Å²) >= 11 is 0. The molecule has 2 heterocycles. The summed E-state index contributed by atoms with van der Waals surface area (Å²) < 4.78 is 5.19. The van der Waals surface area contributed by atoms with Crippen LogP contribution >= 0.6 is 0 Å². The van der Waals surface area contributed by atoms with E-state index in [1.54, 1.807) is 7.11 Å². The molecule has 0 spiro atoms. The summed E-state index contributed by atoms with van der Waals surface area (Å²) in [6.07, 6.45) is 4.09. The molecule has 0 bridgehead atoms. The Morgan fingerprint density at radius 1 is 1.29 bits per heavy atom. The minimum Gasteiger partial charge on any atom is -0.497 e. The van der Waals surface area contributed by atoms with Gasteiger partial charge in [0, 0.05) is 30.0 Å². The van der Waals surface area contributed by atoms with E-state index in [2.05, 4.69) is 33.2 Å². The number of benzene rings is 1. The lowest BCUT2D eigenvalue weighted by atomic mass is 10.2. The van der Waals surface area contributed by atoms with Gasteiger partial charge in [-0.25, -0.2) is 4.98 Å². The van der Waals surface area contributed by atoms with E-state index in [-0.39, 0.29) is 6.04 Å². The van der Waals surface area contributed by atoms with Crippen molar-refractivity contribution in [3.8, 4) is 5.75 Å². The predicted molar refractivity (Wildman–Crippen MR) is 97.0 cm³/mol. The highest BCUT2D eigenvalue weighted by Crippen LogP contribution is 2.26. The molecule has 1 saturated heterocycles. The van der Waals surface area contributed by atoms with Gasteiger partial charge < -0.3 is 15.0 Å². The molecule has 1 fully saturated rings. The first-order valence-corrected chi connectivity index (χ1v) is 8.51. The number of aryl methyl sites for hydroxylation is 1. The van der Waals surface area contributed by atoms with Crippen molar-refractivity contribution in [2.75, 3.05) is 23.9 Å². The molecule has 0 saturated carbocycles. The topological polar surface area (TPSA) is 50.3 Å². The maximum Gasteiger partial charge on any atom is 0.229 e. The van der Waals surface area contributed by atoms with Crippen LogP contribution in [0.4, 0.5) is 17.5 Å². The Bertz CT molecular complexity index is 672. The van der Waals surface area contributed by atoms with E-state index in [1.807, 2.05) is 24.3 Å². The molecule has 0 aliphatic carbocycles. The SMILES string of the molecule is [CH][C@H]1CCCN1c1cc(CCC)nc(Nc2ccc(OC)cc2)n1. The van der Waals surface area contributed by atoms with Crippen molar-refractivity contribution in [1.82, 2.24) is 9.97 Å². The number of hydrogen-bond acceptors (Lipinski definition) is 5. The third-order valence-corrected chi connectivity index (χ3v) is 4.21. The van der Waals surface area contributed by atoms with Crippen LogP contribution < -0.4 is 15.0 Å². The van der Waals surface area contributed by atoms with Crippen LogP contribution in [0, 0.1) is 6.92 Å². The molecule has 1 atom stereocenters. The highest BCUT2D eigenvalue weighted by Gasteiger charge is 2.22. The van der Waals surface area contributed by atoms with E-state index < -0.39 is 0 Å². The number of anilines is 3. The summed E-state index contributed by atoms with van der Waals surface area (Å²) in [5, 5.41) is 3.29. The number of aromatic nitrogens is 2.